The molecule has 0 radical (unpaired) electrons. The maximum atomic E-state index is 12.1. The van der Waals surface area contributed by atoms with Gasteiger partial charge in [0.15, 0.2) is 5.13 Å². The van der Waals surface area contributed by atoms with Crippen molar-refractivity contribution >= 4 is 39.7 Å². The summed E-state index contributed by atoms with van der Waals surface area (Å²) in [4.78, 5) is 16.4. The third-order valence-electron chi connectivity index (χ3n) is 3.10. The first-order valence-electron chi connectivity index (χ1n) is 7.01. The quantitative estimate of drug-likeness (QED) is 0.718. The van der Waals surface area contributed by atoms with Gasteiger partial charge >= 0.3 is 0 Å². The first-order chi connectivity index (χ1) is 11.2. The number of anilines is 2. The topological polar surface area (TPSA) is 54.0 Å². The summed E-state index contributed by atoms with van der Waals surface area (Å²) in [5.74, 6) is -0.206. The summed E-state index contributed by atoms with van der Waals surface area (Å²) in [6.07, 6.45) is 0. The highest BCUT2D eigenvalue weighted by molar-refractivity contribution is 7.14. The second-order valence-corrected chi connectivity index (χ2v) is 6.14. The van der Waals surface area contributed by atoms with Crippen molar-refractivity contribution < 1.29 is 4.79 Å². The van der Waals surface area contributed by atoms with Gasteiger partial charge in [0, 0.05) is 22.6 Å². The Kier molecular flexibility index (Phi) is 4.90. The molecule has 0 aliphatic rings. The molecule has 2 N–H and O–H groups in total. The third kappa shape index (κ3) is 4.31. The number of rotatable bonds is 5. The van der Waals surface area contributed by atoms with Gasteiger partial charge in [0.25, 0.3) is 5.91 Å². The van der Waals surface area contributed by atoms with Gasteiger partial charge in [-0.15, -0.1) is 11.3 Å². The Labute approximate surface area is 143 Å². The fourth-order valence-electron chi connectivity index (χ4n) is 2.00. The van der Waals surface area contributed by atoms with Crippen molar-refractivity contribution in [2.45, 2.75) is 6.54 Å². The van der Waals surface area contributed by atoms with Crippen molar-refractivity contribution in [3.05, 3.63) is 76.3 Å². The summed E-state index contributed by atoms with van der Waals surface area (Å²) in [6, 6.07) is 17.1. The van der Waals surface area contributed by atoms with Crippen LogP contribution in [0.3, 0.4) is 0 Å². The minimum atomic E-state index is -0.206. The number of para-hydroxylation sites is 1. The highest BCUT2D eigenvalue weighted by atomic mass is 35.5. The van der Waals surface area contributed by atoms with E-state index in [-0.39, 0.29) is 5.91 Å². The molecular formula is C17H14ClN3OS. The molecule has 116 valence electrons. The second kappa shape index (κ2) is 7.26. The first-order valence-corrected chi connectivity index (χ1v) is 8.27. The van der Waals surface area contributed by atoms with E-state index in [1.165, 1.54) is 11.3 Å². The number of thiazole rings is 1. The van der Waals surface area contributed by atoms with E-state index in [1.54, 1.807) is 11.4 Å². The smallest absolute Gasteiger partial charge is 0.271 e. The predicted molar refractivity (Wildman–Crippen MR) is 94.5 cm³/mol. The Bertz CT molecular complexity index is 804. The average molecular weight is 344 g/mol. The lowest BCUT2D eigenvalue weighted by atomic mass is 10.2. The molecule has 0 saturated carbocycles. The molecule has 1 heterocycles. The number of carbonyl (C=O) groups is 1. The molecule has 0 aliphatic carbocycles. The number of benzene rings is 2. The van der Waals surface area contributed by atoms with Crippen LogP contribution in [0.1, 0.15) is 16.1 Å². The molecule has 23 heavy (non-hydrogen) atoms. The van der Waals surface area contributed by atoms with Crippen LogP contribution in [-0.2, 0) is 6.54 Å². The van der Waals surface area contributed by atoms with E-state index in [9.17, 15) is 4.79 Å². The van der Waals surface area contributed by atoms with Crippen molar-refractivity contribution in [2.75, 3.05) is 5.32 Å². The maximum absolute atomic E-state index is 12.1. The Morgan fingerprint density at radius 3 is 2.74 bits per heavy atom. The number of nitrogens with one attached hydrogen (secondary N) is 2. The number of nitrogens with zero attached hydrogens (tertiary/aromatic N) is 1. The van der Waals surface area contributed by atoms with Gasteiger partial charge in [0.2, 0.25) is 0 Å². The lowest BCUT2D eigenvalue weighted by molar-refractivity contribution is 0.0946. The fraction of sp³-hybridized carbons (Fsp3) is 0.0588. The van der Waals surface area contributed by atoms with Gasteiger partial charge in [0.1, 0.15) is 5.69 Å². The van der Waals surface area contributed by atoms with E-state index < -0.39 is 0 Å². The zero-order chi connectivity index (χ0) is 16.1. The van der Waals surface area contributed by atoms with Crippen molar-refractivity contribution in [2.24, 2.45) is 0 Å². The predicted octanol–water partition coefficient (Wildman–Crippen LogP) is 4.47. The van der Waals surface area contributed by atoms with Crippen LogP contribution in [0.25, 0.3) is 0 Å². The molecule has 6 heteroatoms. The summed E-state index contributed by atoms with van der Waals surface area (Å²) in [6.45, 7) is 0.415. The molecule has 1 amide bonds. The summed E-state index contributed by atoms with van der Waals surface area (Å²) in [7, 11) is 0. The van der Waals surface area contributed by atoms with Crippen LogP contribution in [0.2, 0.25) is 5.02 Å². The number of aromatic nitrogens is 1. The van der Waals surface area contributed by atoms with Crippen molar-refractivity contribution in [3.8, 4) is 0 Å². The van der Waals surface area contributed by atoms with Crippen LogP contribution in [0, 0.1) is 0 Å². The molecule has 4 nitrogen and oxygen atoms in total. The fourth-order valence-corrected chi connectivity index (χ4v) is 2.92. The van der Waals surface area contributed by atoms with Gasteiger partial charge in [-0.3, -0.25) is 4.79 Å². The van der Waals surface area contributed by atoms with Gasteiger partial charge in [-0.2, -0.15) is 0 Å². The molecule has 0 atom stereocenters. The van der Waals surface area contributed by atoms with Gasteiger partial charge in [-0.05, 0) is 29.8 Å². The molecule has 0 unspecified atom stereocenters. The molecule has 0 fully saturated rings. The lowest BCUT2D eigenvalue weighted by Gasteiger charge is -2.04. The maximum Gasteiger partial charge on any atom is 0.271 e. The van der Waals surface area contributed by atoms with Gasteiger partial charge in [-0.1, -0.05) is 41.9 Å². The van der Waals surface area contributed by atoms with E-state index in [4.69, 9.17) is 11.6 Å². The molecule has 0 bridgehead atoms. The van der Waals surface area contributed by atoms with Crippen LogP contribution in [0.5, 0.6) is 0 Å². The van der Waals surface area contributed by atoms with Gasteiger partial charge in [-0.25, -0.2) is 4.98 Å². The molecule has 0 aliphatic heterocycles. The average Bonchev–Trinajstić information content (AvgIpc) is 3.02. The molecule has 2 aromatic carbocycles. The Hall–Kier alpha value is -2.37. The summed E-state index contributed by atoms with van der Waals surface area (Å²) >= 11 is 7.32. The molecular weight excluding hydrogens is 330 g/mol. The van der Waals surface area contributed by atoms with E-state index >= 15 is 0 Å². The summed E-state index contributed by atoms with van der Waals surface area (Å²) in [5.41, 5.74) is 2.28. The van der Waals surface area contributed by atoms with Crippen LogP contribution in [-0.4, -0.2) is 10.9 Å². The highest BCUT2D eigenvalue weighted by Gasteiger charge is 2.10. The first kappa shape index (κ1) is 15.5. The molecule has 3 aromatic rings. The summed E-state index contributed by atoms with van der Waals surface area (Å²) in [5, 5.41) is 9.08. The number of hydrogen-bond donors (Lipinski definition) is 2. The third-order valence-corrected chi connectivity index (χ3v) is 4.10. The minimum absolute atomic E-state index is 0.206. The van der Waals surface area contributed by atoms with Crippen LogP contribution >= 0.6 is 22.9 Å². The second-order valence-electron chi connectivity index (χ2n) is 4.84. The standard InChI is InChI=1S/C17H14ClN3OS/c18-13-6-4-5-12(9-13)10-19-16(22)15-11-23-17(21-15)20-14-7-2-1-3-8-14/h1-9,11H,10H2,(H,19,22)(H,20,21). The van der Waals surface area contributed by atoms with Gasteiger partial charge < -0.3 is 10.6 Å². The number of hydrogen-bond acceptors (Lipinski definition) is 4. The Morgan fingerprint density at radius 2 is 1.96 bits per heavy atom. The van der Waals surface area contributed by atoms with E-state index in [0.717, 1.165) is 11.3 Å². The van der Waals surface area contributed by atoms with Crippen LogP contribution in [0.4, 0.5) is 10.8 Å². The minimum Gasteiger partial charge on any atom is -0.347 e. The number of amides is 1. The van der Waals surface area contributed by atoms with Gasteiger partial charge in [0.05, 0.1) is 0 Å². The largest absolute Gasteiger partial charge is 0.347 e. The monoisotopic (exact) mass is 343 g/mol. The molecule has 3 rings (SSSR count). The lowest BCUT2D eigenvalue weighted by Crippen LogP contribution is -2.23. The van der Waals surface area contributed by atoms with Crippen molar-refractivity contribution in [1.29, 1.82) is 0 Å². The summed E-state index contributed by atoms with van der Waals surface area (Å²) < 4.78 is 0. The van der Waals surface area contributed by atoms with E-state index in [2.05, 4.69) is 15.6 Å². The Balaban J connectivity index is 1.60. The van der Waals surface area contributed by atoms with Crippen molar-refractivity contribution in [3.63, 3.8) is 0 Å². The molecule has 0 spiro atoms. The Morgan fingerprint density at radius 1 is 1.13 bits per heavy atom. The van der Waals surface area contributed by atoms with Crippen LogP contribution in [0.15, 0.2) is 60.0 Å². The zero-order valence-corrected chi connectivity index (χ0v) is 13.7. The number of halogens is 1. The highest BCUT2D eigenvalue weighted by Crippen LogP contribution is 2.20. The molecule has 0 saturated heterocycles. The van der Waals surface area contributed by atoms with E-state index in [0.29, 0.717) is 22.4 Å². The zero-order valence-electron chi connectivity index (χ0n) is 12.1. The normalized spacial score (nSPS) is 10.3. The SMILES string of the molecule is O=C(NCc1cccc(Cl)c1)c1csc(Nc2ccccc2)n1. The van der Waals surface area contributed by atoms with Crippen LogP contribution < -0.4 is 10.6 Å². The van der Waals surface area contributed by atoms with Crippen molar-refractivity contribution in [1.82, 2.24) is 10.3 Å². The van der Waals surface area contributed by atoms with E-state index in [1.807, 2.05) is 48.5 Å². The number of carbonyl (C=O) groups excluding carboxylic acids is 1. The molecule has 1 aromatic heterocycles.